The first-order valence-corrected chi connectivity index (χ1v) is 3.97. The quantitative estimate of drug-likeness (QED) is 0.573. The monoisotopic (exact) mass is 159 g/mol. The summed E-state index contributed by atoms with van der Waals surface area (Å²) >= 11 is 0. The molecular weight excluding hydrogens is 146 g/mol. The summed E-state index contributed by atoms with van der Waals surface area (Å²) in [5.41, 5.74) is 1.91. The van der Waals surface area contributed by atoms with Crippen LogP contribution in [0, 0.1) is 19.3 Å². The highest BCUT2D eigenvalue weighted by molar-refractivity contribution is 5.30. The van der Waals surface area contributed by atoms with Crippen molar-refractivity contribution in [1.82, 2.24) is 4.98 Å². The number of terminal acetylenes is 1. The van der Waals surface area contributed by atoms with Gasteiger partial charge in [-0.1, -0.05) is 12.0 Å². The van der Waals surface area contributed by atoms with E-state index < -0.39 is 0 Å². The van der Waals surface area contributed by atoms with Crippen LogP contribution in [0.3, 0.4) is 0 Å². The van der Waals surface area contributed by atoms with Gasteiger partial charge in [-0.05, 0) is 32.4 Å². The molecule has 0 unspecified atom stereocenters. The maximum atomic E-state index is 5.40. The Labute approximate surface area is 73.8 Å². The second kappa shape index (κ2) is 2.98. The van der Waals surface area contributed by atoms with E-state index in [9.17, 15) is 0 Å². The standard InChI is InChI=1S/C11H13N/c1-5-11(3,4)10-7-6-9(2)12-8-10/h1,6-8H,2-4H3. The van der Waals surface area contributed by atoms with Crippen molar-refractivity contribution in [2.75, 3.05) is 0 Å². The summed E-state index contributed by atoms with van der Waals surface area (Å²) in [7, 11) is 0. The fourth-order valence-corrected chi connectivity index (χ4v) is 0.921. The predicted octanol–water partition coefficient (Wildman–Crippen LogP) is 2.30. The van der Waals surface area contributed by atoms with Gasteiger partial charge in [0.25, 0.3) is 0 Å². The van der Waals surface area contributed by atoms with E-state index in [0.717, 1.165) is 11.3 Å². The summed E-state index contributed by atoms with van der Waals surface area (Å²) < 4.78 is 0. The Morgan fingerprint density at radius 2 is 2.08 bits per heavy atom. The summed E-state index contributed by atoms with van der Waals surface area (Å²) in [5.74, 6) is 2.74. The Balaban J connectivity index is 3.07. The molecule has 0 aliphatic heterocycles. The van der Waals surface area contributed by atoms with Crippen molar-refractivity contribution in [2.45, 2.75) is 26.2 Å². The van der Waals surface area contributed by atoms with Crippen LogP contribution in [0.25, 0.3) is 0 Å². The third-order valence-corrected chi connectivity index (χ3v) is 1.99. The van der Waals surface area contributed by atoms with Crippen molar-refractivity contribution in [3.63, 3.8) is 0 Å². The number of pyridine rings is 1. The van der Waals surface area contributed by atoms with Crippen LogP contribution in [0.15, 0.2) is 18.3 Å². The molecular formula is C11H13N. The molecule has 1 rings (SSSR count). The first-order chi connectivity index (χ1) is 5.56. The van der Waals surface area contributed by atoms with Gasteiger partial charge in [-0.25, -0.2) is 0 Å². The molecule has 0 aliphatic rings. The summed E-state index contributed by atoms with van der Waals surface area (Å²) in [6.07, 6.45) is 7.24. The molecule has 1 heteroatoms. The zero-order valence-corrected chi connectivity index (χ0v) is 7.76. The van der Waals surface area contributed by atoms with Gasteiger partial charge in [-0.2, -0.15) is 0 Å². The molecule has 0 radical (unpaired) electrons. The van der Waals surface area contributed by atoms with Gasteiger partial charge in [-0.3, -0.25) is 4.98 Å². The highest BCUT2D eigenvalue weighted by atomic mass is 14.7. The molecule has 1 aromatic heterocycles. The van der Waals surface area contributed by atoms with E-state index in [1.807, 2.05) is 39.1 Å². The minimum atomic E-state index is -0.208. The first kappa shape index (κ1) is 8.80. The summed E-state index contributed by atoms with van der Waals surface area (Å²) in [5, 5.41) is 0. The predicted molar refractivity (Wildman–Crippen MR) is 50.8 cm³/mol. The van der Waals surface area contributed by atoms with Crippen LogP contribution in [0.5, 0.6) is 0 Å². The van der Waals surface area contributed by atoms with Gasteiger partial charge in [0.2, 0.25) is 0 Å². The Hall–Kier alpha value is -1.29. The second-order valence-corrected chi connectivity index (χ2v) is 3.46. The van der Waals surface area contributed by atoms with E-state index in [1.54, 1.807) is 0 Å². The maximum Gasteiger partial charge on any atom is 0.0519 e. The molecule has 0 atom stereocenters. The molecule has 1 aromatic rings. The Morgan fingerprint density at radius 3 is 2.50 bits per heavy atom. The van der Waals surface area contributed by atoms with Gasteiger partial charge >= 0.3 is 0 Å². The summed E-state index contributed by atoms with van der Waals surface area (Å²) in [6, 6.07) is 4.01. The van der Waals surface area contributed by atoms with Crippen molar-refractivity contribution in [3.8, 4) is 12.3 Å². The van der Waals surface area contributed by atoms with Gasteiger partial charge in [0.05, 0.1) is 5.41 Å². The smallest absolute Gasteiger partial charge is 0.0519 e. The molecule has 0 fully saturated rings. The number of hydrogen-bond donors (Lipinski definition) is 0. The van der Waals surface area contributed by atoms with Gasteiger partial charge in [0.1, 0.15) is 0 Å². The van der Waals surface area contributed by atoms with Crippen LogP contribution in [0.1, 0.15) is 25.1 Å². The molecule has 12 heavy (non-hydrogen) atoms. The van der Waals surface area contributed by atoms with E-state index in [4.69, 9.17) is 6.42 Å². The molecule has 0 N–H and O–H groups in total. The average molecular weight is 159 g/mol. The number of rotatable bonds is 1. The lowest BCUT2D eigenvalue weighted by Gasteiger charge is -2.16. The number of aryl methyl sites for hydroxylation is 1. The molecule has 0 spiro atoms. The molecule has 0 saturated heterocycles. The molecule has 0 aliphatic carbocycles. The maximum absolute atomic E-state index is 5.40. The normalized spacial score (nSPS) is 10.8. The zero-order chi connectivity index (χ0) is 9.19. The molecule has 0 saturated carbocycles. The van der Waals surface area contributed by atoms with Crippen LogP contribution in [-0.2, 0) is 5.41 Å². The van der Waals surface area contributed by atoms with E-state index in [1.165, 1.54) is 0 Å². The van der Waals surface area contributed by atoms with E-state index >= 15 is 0 Å². The van der Waals surface area contributed by atoms with E-state index in [-0.39, 0.29) is 5.41 Å². The Kier molecular flexibility index (Phi) is 2.19. The minimum Gasteiger partial charge on any atom is -0.261 e. The van der Waals surface area contributed by atoms with Crippen molar-refractivity contribution in [2.24, 2.45) is 0 Å². The highest BCUT2D eigenvalue weighted by Crippen LogP contribution is 2.20. The van der Waals surface area contributed by atoms with Crippen LogP contribution < -0.4 is 0 Å². The molecule has 0 amide bonds. The second-order valence-electron chi connectivity index (χ2n) is 3.46. The van der Waals surface area contributed by atoms with E-state index in [2.05, 4.69) is 10.9 Å². The fraction of sp³-hybridized carbons (Fsp3) is 0.364. The molecule has 1 nitrogen and oxygen atoms in total. The van der Waals surface area contributed by atoms with Crippen LogP contribution in [0.4, 0.5) is 0 Å². The Morgan fingerprint density at radius 1 is 1.42 bits per heavy atom. The molecule has 0 bridgehead atoms. The molecule has 62 valence electrons. The van der Waals surface area contributed by atoms with Gasteiger partial charge in [0, 0.05) is 11.9 Å². The van der Waals surface area contributed by atoms with Gasteiger partial charge in [0.15, 0.2) is 0 Å². The zero-order valence-electron chi connectivity index (χ0n) is 7.76. The number of hydrogen-bond acceptors (Lipinski definition) is 1. The number of aromatic nitrogens is 1. The third kappa shape index (κ3) is 1.65. The van der Waals surface area contributed by atoms with Gasteiger partial charge < -0.3 is 0 Å². The van der Waals surface area contributed by atoms with Crippen LogP contribution in [-0.4, -0.2) is 4.98 Å². The minimum absolute atomic E-state index is 0.208. The van der Waals surface area contributed by atoms with Gasteiger partial charge in [-0.15, -0.1) is 6.42 Å². The van der Waals surface area contributed by atoms with Crippen molar-refractivity contribution < 1.29 is 0 Å². The lowest BCUT2D eigenvalue weighted by atomic mass is 9.87. The SMILES string of the molecule is C#CC(C)(C)c1ccc(C)nc1. The topological polar surface area (TPSA) is 12.9 Å². The average Bonchev–Trinajstić information content (AvgIpc) is 2.05. The highest BCUT2D eigenvalue weighted by Gasteiger charge is 2.16. The lowest BCUT2D eigenvalue weighted by Crippen LogP contribution is -2.13. The van der Waals surface area contributed by atoms with E-state index in [0.29, 0.717) is 0 Å². The number of nitrogens with zero attached hydrogens (tertiary/aromatic N) is 1. The molecule has 0 aromatic carbocycles. The van der Waals surface area contributed by atoms with Crippen LogP contribution in [0.2, 0.25) is 0 Å². The summed E-state index contributed by atoms with van der Waals surface area (Å²) in [4.78, 5) is 4.20. The third-order valence-electron chi connectivity index (χ3n) is 1.99. The molecule has 1 heterocycles. The lowest BCUT2D eigenvalue weighted by molar-refractivity contribution is 0.694. The van der Waals surface area contributed by atoms with Crippen LogP contribution >= 0.6 is 0 Å². The largest absolute Gasteiger partial charge is 0.261 e. The Bertz CT molecular complexity index is 301. The van der Waals surface area contributed by atoms with Crippen molar-refractivity contribution in [1.29, 1.82) is 0 Å². The fourth-order valence-electron chi connectivity index (χ4n) is 0.921. The summed E-state index contributed by atoms with van der Waals surface area (Å²) in [6.45, 7) is 5.99. The van der Waals surface area contributed by atoms with Crippen molar-refractivity contribution >= 4 is 0 Å². The van der Waals surface area contributed by atoms with Crippen molar-refractivity contribution in [3.05, 3.63) is 29.6 Å². The first-order valence-electron chi connectivity index (χ1n) is 3.97.